The Bertz CT molecular complexity index is 600. The molecule has 98 valence electrons. The third-order valence-corrected chi connectivity index (χ3v) is 3.28. The lowest BCUT2D eigenvalue weighted by molar-refractivity contribution is 0.377. The molecule has 5 heteroatoms. The van der Waals surface area contributed by atoms with Crippen LogP contribution in [0.15, 0.2) is 29.5 Å². The molecule has 3 nitrogen and oxygen atoms in total. The first-order valence-electron chi connectivity index (χ1n) is 5.93. The Hall–Kier alpha value is -1.93. The Kier molecular flexibility index (Phi) is 3.82. The molecule has 0 saturated heterocycles. The van der Waals surface area contributed by atoms with Crippen LogP contribution in [0.2, 0.25) is 0 Å². The minimum absolute atomic E-state index is 0.0545. The fraction of sp³-hybridized carbons (Fsp3) is 0.286. The highest BCUT2D eigenvalue weighted by Crippen LogP contribution is 2.36. The minimum atomic E-state index is -0.298. The summed E-state index contributed by atoms with van der Waals surface area (Å²) in [5, 5.41) is 21.8. The molecule has 1 aliphatic rings. The van der Waals surface area contributed by atoms with Crippen LogP contribution in [0.5, 0.6) is 0 Å². The van der Waals surface area contributed by atoms with Gasteiger partial charge in [0.25, 0.3) is 0 Å². The first kappa shape index (κ1) is 13.5. The topological polar surface area (TPSA) is 56.0 Å². The molecule has 0 spiro atoms. The average molecular weight is 276 g/mol. The number of halogens is 1. The molecule has 19 heavy (non-hydrogen) atoms. The number of benzene rings is 1. The molecular weight excluding hydrogens is 263 g/mol. The van der Waals surface area contributed by atoms with Crippen LogP contribution in [0.4, 0.5) is 10.1 Å². The maximum atomic E-state index is 13.1. The second-order valence-corrected chi connectivity index (χ2v) is 4.97. The normalized spacial score (nSPS) is 15.4. The molecule has 0 heterocycles. The van der Waals surface area contributed by atoms with Gasteiger partial charge in [-0.25, -0.2) is 4.39 Å². The molecule has 0 amide bonds. The van der Waals surface area contributed by atoms with Gasteiger partial charge in [0, 0.05) is 11.6 Å². The summed E-state index contributed by atoms with van der Waals surface area (Å²) >= 11 is 5.11. The maximum Gasteiger partial charge on any atom is 0.126 e. The van der Waals surface area contributed by atoms with Crippen molar-refractivity contribution in [3.05, 3.63) is 40.9 Å². The lowest BCUT2D eigenvalue weighted by Gasteiger charge is -2.09. The zero-order chi connectivity index (χ0) is 14.0. The number of rotatable bonds is 3. The van der Waals surface area contributed by atoms with Crippen molar-refractivity contribution in [2.75, 3.05) is 5.32 Å². The van der Waals surface area contributed by atoms with E-state index in [0.29, 0.717) is 11.3 Å². The Morgan fingerprint density at radius 3 is 2.74 bits per heavy atom. The average Bonchev–Trinajstić information content (AvgIpc) is 3.18. The van der Waals surface area contributed by atoms with Crippen molar-refractivity contribution in [2.24, 2.45) is 5.92 Å². The molecule has 1 saturated carbocycles. The quantitative estimate of drug-likeness (QED) is 0.383. The van der Waals surface area contributed by atoms with Crippen molar-refractivity contribution in [1.82, 2.24) is 0 Å². The van der Waals surface area contributed by atoms with E-state index < -0.39 is 0 Å². The molecule has 2 rings (SSSR count). The van der Waals surface area contributed by atoms with Crippen molar-refractivity contribution in [3.8, 4) is 6.07 Å². The third-order valence-electron chi connectivity index (χ3n) is 2.97. The summed E-state index contributed by atoms with van der Waals surface area (Å²) in [7, 11) is 0. The minimum Gasteiger partial charge on any atom is -0.511 e. The predicted octanol–water partition coefficient (Wildman–Crippen LogP) is 3.62. The Balaban J connectivity index is 2.18. The molecule has 0 aliphatic heterocycles. The second-order valence-electron chi connectivity index (χ2n) is 4.56. The molecule has 1 aromatic rings. The number of hydrogen-bond acceptors (Lipinski definition) is 3. The third kappa shape index (κ3) is 3.09. The summed E-state index contributed by atoms with van der Waals surface area (Å²) in [5.41, 5.74) is 1.18. The van der Waals surface area contributed by atoms with Gasteiger partial charge >= 0.3 is 0 Å². The van der Waals surface area contributed by atoms with E-state index in [-0.39, 0.29) is 28.1 Å². The second kappa shape index (κ2) is 5.37. The highest BCUT2D eigenvalue weighted by molar-refractivity contribution is 7.81. The van der Waals surface area contributed by atoms with Gasteiger partial charge in [-0.15, -0.1) is 0 Å². The van der Waals surface area contributed by atoms with Gasteiger partial charge in [0.05, 0.1) is 0 Å². The van der Waals surface area contributed by atoms with Gasteiger partial charge in [-0.05, 0) is 43.5 Å². The lowest BCUT2D eigenvalue weighted by Crippen LogP contribution is -2.14. The lowest BCUT2D eigenvalue weighted by atomic mass is 10.1. The van der Waals surface area contributed by atoms with Crippen molar-refractivity contribution in [2.45, 2.75) is 19.8 Å². The number of allylic oxidation sites excluding steroid dienone is 1. The van der Waals surface area contributed by atoms with Crippen molar-refractivity contribution in [3.63, 3.8) is 0 Å². The molecule has 1 fully saturated rings. The highest BCUT2D eigenvalue weighted by Gasteiger charge is 2.29. The van der Waals surface area contributed by atoms with Crippen LogP contribution in [-0.4, -0.2) is 10.1 Å². The zero-order valence-electron chi connectivity index (χ0n) is 10.4. The molecule has 1 aliphatic carbocycles. The van der Waals surface area contributed by atoms with E-state index in [9.17, 15) is 9.50 Å². The largest absolute Gasteiger partial charge is 0.511 e. The van der Waals surface area contributed by atoms with Crippen molar-refractivity contribution in [1.29, 1.82) is 5.26 Å². The van der Waals surface area contributed by atoms with Gasteiger partial charge in [0.2, 0.25) is 0 Å². The summed E-state index contributed by atoms with van der Waals surface area (Å²) in [6.45, 7) is 1.65. The summed E-state index contributed by atoms with van der Waals surface area (Å²) < 4.78 is 13.1. The van der Waals surface area contributed by atoms with Crippen LogP contribution in [-0.2, 0) is 0 Å². The number of nitriles is 1. The van der Waals surface area contributed by atoms with E-state index >= 15 is 0 Å². The number of aliphatic hydroxyl groups is 1. The van der Waals surface area contributed by atoms with Crippen LogP contribution in [0.3, 0.4) is 0 Å². The van der Waals surface area contributed by atoms with Crippen LogP contribution in [0.25, 0.3) is 0 Å². The number of nitrogens with zero attached hydrogens (tertiary/aromatic N) is 1. The van der Waals surface area contributed by atoms with Gasteiger partial charge in [0.15, 0.2) is 0 Å². The molecular formula is C14H13FN2OS. The number of aliphatic hydroxyl groups excluding tert-OH is 1. The van der Waals surface area contributed by atoms with E-state index in [1.54, 1.807) is 13.0 Å². The summed E-state index contributed by atoms with van der Waals surface area (Å²) in [5.74, 6) is -0.184. The van der Waals surface area contributed by atoms with Crippen LogP contribution < -0.4 is 5.32 Å². The van der Waals surface area contributed by atoms with E-state index in [0.717, 1.165) is 12.8 Å². The smallest absolute Gasteiger partial charge is 0.126 e. The molecule has 0 aromatic heterocycles. The van der Waals surface area contributed by atoms with Gasteiger partial charge in [-0.2, -0.15) is 5.26 Å². The zero-order valence-corrected chi connectivity index (χ0v) is 11.2. The van der Waals surface area contributed by atoms with E-state index in [1.807, 2.05) is 6.07 Å². The van der Waals surface area contributed by atoms with Crippen molar-refractivity contribution >= 4 is 22.9 Å². The number of aryl methyl sites for hydroxylation is 1. The number of anilines is 1. The Labute approximate surface area is 116 Å². The van der Waals surface area contributed by atoms with Crippen LogP contribution >= 0.6 is 12.2 Å². The van der Waals surface area contributed by atoms with Gasteiger partial charge in [-0.1, -0.05) is 12.2 Å². The van der Waals surface area contributed by atoms with Gasteiger partial charge in [-0.3, -0.25) is 0 Å². The van der Waals surface area contributed by atoms with Crippen molar-refractivity contribution < 1.29 is 9.50 Å². The number of nitrogens with one attached hydrogen (secondary N) is 1. The van der Waals surface area contributed by atoms with E-state index in [4.69, 9.17) is 17.5 Å². The SMILES string of the molecule is Cc1cc(NC(=S)/C(C#N)=C(\O)C2CC2)ccc1F. The van der Waals surface area contributed by atoms with Crippen LogP contribution in [0, 0.1) is 30.0 Å². The van der Waals surface area contributed by atoms with Gasteiger partial charge < -0.3 is 10.4 Å². The molecule has 0 bridgehead atoms. The van der Waals surface area contributed by atoms with E-state index in [2.05, 4.69) is 5.32 Å². The fourth-order valence-corrected chi connectivity index (χ4v) is 1.97. The first-order chi connectivity index (χ1) is 9.02. The van der Waals surface area contributed by atoms with Gasteiger partial charge in [0.1, 0.15) is 28.2 Å². The Morgan fingerprint density at radius 2 is 2.21 bits per heavy atom. The fourth-order valence-electron chi connectivity index (χ4n) is 1.70. The highest BCUT2D eigenvalue weighted by atomic mass is 32.1. The standard InChI is InChI=1S/C14H13FN2OS/c1-8-6-10(4-5-12(8)15)17-14(19)11(7-16)13(18)9-2-3-9/h4-6,9,18H,2-3H2,1H3,(H,17,19)/b13-11-. The molecule has 2 N–H and O–H groups in total. The number of hydrogen-bond donors (Lipinski definition) is 2. The monoisotopic (exact) mass is 276 g/mol. The summed E-state index contributed by atoms with van der Waals surface area (Å²) in [4.78, 5) is 0.165. The molecule has 0 atom stereocenters. The summed E-state index contributed by atoms with van der Waals surface area (Å²) in [6, 6.07) is 6.39. The molecule has 0 unspecified atom stereocenters. The maximum absolute atomic E-state index is 13.1. The van der Waals surface area contributed by atoms with E-state index in [1.165, 1.54) is 12.1 Å². The first-order valence-corrected chi connectivity index (χ1v) is 6.34. The van der Waals surface area contributed by atoms with Crippen LogP contribution in [0.1, 0.15) is 18.4 Å². The molecule has 0 radical (unpaired) electrons. The number of thiocarbonyl (C=S) groups is 1. The predicted molar refractivity (Wildman–Crippen MR) is 75.3 cm³/mol. The summed E-state index contributed by atoms with van der Waals surface area (Å²) in [6.07, 6.45) is 1.77. The molecule has 1 aromatic carbocycles. The Morgan fingerprint density at radius 1 is 1.53 bits per heavy atom.